The lowest BCUT2D eigenvalue weighted by molar-refractivity contribution is -0.00677. The van der Waals surface area contributed by atoms with E-state index in [2.05, 4.69) is 24.2 Å². The molecule has 1 aliphatic rings. The molecule has 1 aliphatic heterocycles. The lowest BCUT2D eigenvalue weighted by Crippen LogP contribution is -2.44. The Hall–Kier alpha value is -1.00. The average Bonchev–Trinajstić information content (AvgIpc) is 2.43. The lowest BCUT2D eigenvalue weighted by atomic mass is 9.80. The average molecular weight is 282 g/mol. The normalized spacial score (nSPS) is 20.0. The smallest absolute Gasteiger partial charge is 0.285 e. The highest BCUT2D eigenvalue weighted by Gasteiger charge is 2.33. The minimum atomic E-state index is -2.80. The van der Waals surface area contributed by atoms with Crippen molar-refractivity contribution in [3.8, 4) is 0 Å². The van der Waals surface area contributed by atoms with E-state index in [9.17, 15) is 8.78 Å². The summed E-state index contributed by atoms with van der Waals surface area (Å²) in [6, 6.07) is 8.04. The van der Waals surface area contributed by atoms with Crippen molar-refractivity contribution < 1.29 is 8.78 Å². The zero-order chi connectivity index (χ0) is 14.6. The molecule has 0 amide bonds. The van der Waals surface area contributed by atoms with Crippen LogP contribution in [0.2, 0.25) is 0 Å². The molecule has 0 aromatic heterocycles. The minimum absolute atomic E-state index is 0.0843. The molecular weight excluding hydrogens is 258 g/mol. The van der Waals surface area contributed by atoms with Gasteiger partial charge in [-0.1, -0.05) is 37.3 Å². The number of hydrogen-bond acceptors (Lipinski definition) is 2. The van der Waals surface area contributed by atoms with E-state index >= 15 is 0 Å². The highest BCUT2D eigenvalue weighted by atomic mass is 19.3. The van der Waals surface area contributed by atoms with Gasteiger partial charge in [-0.2, -0.15) is 8.78 Å². The third-order valence-electron chi connectivity index (χ3n) is 4.29. The number of nitrogens with one attached hydrogen (secondary N) is 1. The maximum atomic E-state index is 14.0. The number of piperidine rings is 1. The van der Waals surface area contributed by atoms with E-state index in [1.54, 1.807) is 18.2 Å². The zero-order valence-electron chi connectivity index (χ0n) is 12.3. The SMILES string of the molecule is CN1CCC(C)(CNCC(F)(F)c2ccccc2)CC1. The highest BCUT2D eigenvalue weighted by Crippen LogP contribution is 2.31. The van der Waals surface area contributed by atoms with Crippen LogP contribution in [0.15, 0.2) is 30.3 Å². The molecule has 4 heteroatoms. The first-order valence-corrected chi connectivity index (χ1v) is 7.24. The molecule has 2 nitrogen and oxygen atoms in total. The zero-order valence-corrected chi connectivity index (χ0v) is 12.3. The van der Waals surface area contributed by atoms with E-state index in [0.717, 1.165) is 25.9 Å². The second-order valence-electron chi connectivity index (χ2n) is 6.29. The van der Waals surface area contributed by atoms with Crippen molar-refractivity contribution in [1.29, 1.82) is 0 Å². The van der Waals surface area contributed by atoms with Crippen LogP contribution in [0.5, 0.6) is 0 Å². The highest BCUT2D eigenvalue weighted by molar-refractivity contribution is 5.20. The van der Waals surface area contributed by atoms with Gasteiger partial charge in [-0.3, -0.25) is 0 Å². The molecule has 2 rings (SSSR count). The maximum absolute atomic E-state index is 14.0. The number of hydrogen-bond donors (Lipinski definition) is 1. The van der Waals surface area contributed by atoms with Crippen molar-refractivity contribution >= 4 is 0 Å². The van der Waals surface area contributed by atoms with Crippen molar-refractivity contribution in [2.45, 2.75) is 25.7 Å². The summed E-state index contributed by atoms with van der Waals surface area (Å²) in [6.07, 6.45) is 2.13. The van der Waals surface area contributed by atoms with Crippen molar-refractivity contribution in [3.63, 3.8) is 0 Å². The van der Waals surface area contributed by atoms with E-state index in [4.69, 9.17) is 0 Å². The van der Waals surface area contributed by atoms with Gasteiger partial charge in [-0.25, -0.2) is 0 Å². The van der Waals surface area contributed by atoms with Crippen LogP contribution in [-0.2, 0) is 5.92 Å². The summed E-state index contributed by atoms with van der Waals surface area (Å²) in [7, 11) is 2.11. The largest absolute Gasteiger partial charge is 0.310 e. The second kappa shape index (κ2) is 6.19. The first kappa shape index (κ1) is 15.4. The summed E-state index contributed by atoms with van der Waals surface area (Å²) in [5, 5.41) is 2.98. The first-order chi connectivity index (χ1) is 9.41. The van der Waals surface area contributed by atoms with Crippen molar-refractivity contribution in [1.82, 2.24) is 10.2 Å². The third kappa shape index (κ3) is 4.00. The van der Waals surface area contributed by atoms with Gasteiger partial charge in [-0.15, -0.1) is 0 Å². The van der Waals surface area contributed by atoms with Gasteiger partial charge in [0.2, 0.25) is 0 Å². The molecule has 0 radical (unpaired) electrons. The van der Waals surface area contributed by atoms with Gasteiger partial charge in [0.15, 0.2) is 0 Å². The van der Waals surface area contributed by atoms with Crippen LogP contribution in [-0.4, -0.2) is 38.1 Å². The van der Waals surface area contributed by atoms with E-state index in [-0.39, 0.29) is 17.5 Å². The standard InChI is InChI=1S/C16H24F2N2/c1-15(8-10-20(2)11-9-15)12-19-13-16(17,18)14-6-4-3-5-7-14/h3-7,19H,8-13H2,1-2H3. The van der Waals surface area contributed by atoms with E-state index in [0.29, 0.717) is 6.54 Å². The van der Waals surface area contributed by atoms with Gasteiger partial charge in [0, 0.05) is 12.1 Å². The Bertz CT molecular complexity index is 412. The monoisotopic (exact) mass is 282 g/mol. The van der Waals surface area contributed by atoms with Gasteiger partial charge < -0.3 is 10.2 Å². The van der Waals surface area contributed by atoms with E-state index < -0.39 is 5.92 Å². The Morgan fingerprint density at radius 1 is 1.20 bits per heavy atom. The molecular formula is C16H24F2N2. The summed E-state index contributed by atoms with van der Waals surface area (Å²) in [4.78, 5) is 2.29. The number of halogens is 2. The van der Waals surface area contributed by atoms with Crippen LogP contribution < -0.4 is 5.32 Å². The minimum Gasteiger partial charge on any atom is -0.310 e. The fourth-order valence-corrected chi connectivity index (χ4v) is 2.64. The van der Waals surface area contributed by atoms with Gasteiger partial charge in [-0.05, 0) is 38.4 Å². The lowest BCUT2D eigenvalue weighted by Gasteiger charge is -2.38. The predicted molar refractivity (Wildman–Crippen MR) is 78.0 cm³/mol. The molecule has 1 aromatic carbocycles. The molecule has 0 aliphatic carbocycles. The fourth-order valence-electron chi connectivity index (χ4n) is 2.64. The fraction of sp³-hybridized carbons (Fsp3) is 0.625. The summed E-state index contributed by atoms with van der Waals surface area (Å²) < 4.78 is 28.1. The van der Waals surface area contributed by atoms with Crippen LogP contribution >= 0.6 is 0 Å². The molecule has 0 atom stereocenters. The van der Waals surface area contributed by atoms with Gasteiger partial charge in [0.05, 0.1) is 6.54 Å². The molecule has 1 fully saturated rings. The molecule has 0 saturated carbocycles. The molecule has 0 unspecified atom stereocenters. The quantitative estimate of drug-likeness (QED) is 0.892. The number of likely N-dealkylation sites (tertiary alicyclic amines) is 1. The van der Waals surface area contributed by atoms with E-state index in [1.807, 2.05) is 0 Å². The van der Waals surface area contributed by atoms with Gasteiger partial charge in [0.1, 0.15) is 0 Å². The second-order valence-corrected chi connectivity index (χ2v) is 6.29. The van der Waals surface area contributed by atoms with Crippen LogP contribution in [0.1, 0.15) is 25.3 Å². The van der Waals surface area contributed by atoms with E-state index in [1.165, 1.54) is 12.1 Å². The Kier molecular flexibility index (Phi) is 4.76. The third-order valence-corrected chi connectivity index (χ3v) is 4.29. The number of alkyl halides is 2. The molecule has 1 saturated heterocycles. The van der Waals surface area contributed by atoms with Crippen LogP contribution in [0.25, 0.3) is 0 Å². The summed E-state index contributed by atoms with van der Waals surface area (Å²) in [5.41, 5.74) is 0.222. The molecule has 1 aromatic rings. The summed E-state index contributed by atoms with van der Waals surface area (Å²) in [6.45, 7) is 4.65. The Morgan fingerprint density at radius 3 is 2.40 bits per heavy atom. The van der Waals surface area contributed by atoms with Crippen molar-refractivity contribution in [3.05, 3.63) is 35.9 Å². The summed E-state index contributed by atoms with van der Waals surface area (Å²) in [5.74, 6) is -2.80. The molecule has 0 bridgehead atoms. The predicted octanol–water partition coefficient (Wildman–Crippen LogP) is 3.10. The molecule has 1 heterocycles. The molecule has 20 heavy (non-hydrogen) atoms. The summed E-state index contributed by atoms with van der Waals surface area (Å²) >= 11 is 0. The van der Waals surface area contributed by atoms with Gasteiger partial charge in [0.25, 0.3) is 5.92 Å². The molecule has 0 spiro atoms. The van der Waals surface area contributed by atoms with Crippen LogP contribution in [0.3, 0.4) is 0 Å². The topological polar surface area (TPSA) is 15.3 Å². The van der Waals surface area contributed by atoms with Crippen LogP contribution in [0.4, 0.5) is 8.78 Å². The Morgan fingerprint density at radius 2 is 1.80 bits per heavy atom. The number of nitrogens with zero attached hydrogens (tertiary/aromatic N) is 1. The van der Waals surface area contributed by atoms with Crippen LogP contribution in [0, 0.1) is 5.41 Å². The molecule has 112 valence electrons. The Labute approximate surface area is 120 Å². The van der Waals surface area contributed by atoms with Gasteiger partial charge >= 0.3 is 0 Å². The first-order valence-electron chi connectivity index (χ1n) is 7.24. The van der Waals surface area contributed by atoms with Crippen molar-refractivity contribution in [2.75, 3.05) is 33.2 Å². The molecule has 1 N–H and O–H groups in total. The van der Waals surface area contributed by atoms with Crippen molar-refractivity contribution in [2.24, 2.45) is 5.41 Å². The Balaban J connectivity index is 1.83. The maximum Gasteiger partial charge on any atom is 0.285 e. The number of benzene rings is 1. The number of rotatable bonds is 5.